The molecule has 1 aromatic carbocycles. The number of hydrogen-bond donors (Lipinski definition) is 2. The lowest BCUT2D eigenvalue weighted by Crippen LogP contribution is -2.16. The molecule has 0 spiro atoms. The number of rotatable bonds is 0. The molecule has 10 heavy (non-hydrogen) atoms. The van der Waals surface area contributed by atoms with Crippen molar-refractivity contribution in [3.05, 3.63) is 24.3 Å². The van der Waals surface area contributed by atoms with Gasteiger partial charge in [-0.3, -0.25) is 5.43 Å². The molecule has 0 aromatic heterocycles. The molecule has 0 bridgehead atoms. The Balaban J connectivity index is 2.54. The van der Waals surface area contributed by atoms with Crippen molar-refractivity contribution in [1.82, 2.24) is 5.53 Å². The second-order valence-electron chi connectivity index (χ2n) is 1.87. The fourth-order valence-electron chi connectivity index (χ4n) is 0.772. The lowest BCUT2D eigenvalue weighted by atomic mass is 10.3. The zero-order valence-corrected chi connectivity index (χ0v) is 5.13. The summed E-state index contributed by atoms with van der Waals surface area (Å²) in [5, 5.41) is 7.34. The summed E-state index contributed by atoms with van der Waals surface area (Å²) in [7, 11) is 0. The minimum atomic E-state index is 0.737. The highest BCUT2D eigenvalue weighted by Crippen LogP contribution is 2.24. The molecule has 0 fully saturated rings. The predicted molar refractivity (Wildman–Crippen MR) is 36.6 cm³/mol. The first-order chi connectivity index (χ1) is 4.97. The van der Waals surface area contributed by atoms with Gasteiger partial charge in [0.05, 0.1) is 5.69 Å². The Morgan fingerprint density at radius 3 is 3.40 bits per heavy atom. The normalized spacial score (nSPS) is 13.2. The van der Waals surface area contributed by atoms with E-state index in [0.717, 1.165) is 11.4 Å². The number of anilines is 1. The van der Waals surface area contributed by atoms with Gasteiger partial charge in [-0.1, -0.05) is 17.4 Å². The second-order valence-corrected chi connectivity index (χ2v) is 1.87. The highest BCUT2D eigenvalue weighted by Gasteiger charge is 2.01. The highest BCUT2D eigenvalue weighted by molar-refractivity contribution is 5.64. The fraction of sp³-hybridized carbons (Fsp3) is 0. The number of hydrogen-bond acceptors (Lipinski definition) is 4. The zero-order chi connectivity index (χ0) is 6.81. The predicted octanol–water partition coefficient (Wildman–Crippen LogP) is 1.42. The van der Waals surface area contributed by atoms with E-state index < -0.39 is 0 Å². The maximum atomic E-state index is 3.79. The van der Waals surface area contributed by atoms with Crippen molar-refractivity contribution in [2.24, 2.45) is 10.3 Å². The quantitative estimate of drug-likeness (QED) is 0.562. The third-order valence-corrected chi connectivity index (χ3v) is 1.22. The molecule has 0 amide bonds. The molecule has 4 heteroatoms. The summed E-state index contributed by atoms with van der Waals surface area (Å²) >= 11 is 0. The van der Waals surface area contributed by atoms with Crippen LogP contribution >= 0.6 is 0 Å². The van der Waals surface area contributed by atoms with Crippen LogP contribution in [0.5, 0.6) is 0 Å². The highest BCUT2D eigenvalue weighted by atomic mass is 15.6. The average Bonchev–Trinajstić information content (AvgIpc) is 2.05. The Morgan fingerprint density at radius 2 is 2.50 bits per heavy atom. The Morgan fingerprint density at radius 1 is 1.50 bits per heavy atom. The van der Waals surface area contributed by atoms with Crippen LogP contribution in [0.25, 0.3) is 0 Å². The first-order valence-electron chi connectivity index (χ1n) is 2.89. The molecule has 1 aliphatic heterocycles. The number of nitrogens with zero attached hydrogens (tertiary/aromatic N) is 2. The molecule has 0 unspecified atom stereocenters. The number of hydrazine groups is 1. The minimum absolute atomic E-state index is 0.737. The Bertz CT molecular complexity index is 268. The third kappa shape index (κ3) is 0.699. The maximum Gasteiger partial charge on any atom is 0.120 e. The van der Waals surface area contributed by atoms with Gasteiger partial charge in [-0.15, -0.1) is 5.11 Å². The van der Waals surface area contributed by atoms with E-state index in [2.05, 4.69) is 27.4 Å². The molecule has 2 rings (SSSR count). The minimum Gasteiger partial charge on any atom is -0.282 e. The van der Waals surface area contributed by atoms with Gasteiger partial charge in [0.1, 0.15) is 5.69 Å². The van der Waals surface area contributed by atoms with Crippen LogP contribution in [-0.4, -0.2) is 0 Å². The summed E-state index contributed by atoms with van der Waals surface area (Å²) in [5.74, 6) is 0. The van der Waals surface area contributed by atoms with Crippen LogP contribution in [0.4, 0.5) is 11.4 Å². The van der Waals surface area contributed by atoms with Crippen molar-refractivity contribution in [2.75, 3.05) is 5.43 Å². The van der Waals surface area contributed by atoms with Gasteiger partial charge in [-0.25, -0.2) is 5.53 Å². The van der Waals surface area contributed by atoms with E-state index in [-0.39, 0.29) is 0 Å². The van der Waals surface area contributed by atoms with Crippen LogP contribution in [0.15, 0.2) is 28.5 Å². The molecular weight excluding hydrogens is 128 g/mol. The molecule has 1 aromatic rings. The molecule has 1 aliphatic rings. The van der Waals surface area contributed by atoms with Crippen LogP contribution in [-0.2, 0) is 0 Å². The van der Waals surface area contributed by atoms with Gasteiger partial charge in [-0.05, 0) is 6.07 Å². The summed E-state index contributed by atoms with van der Waals surface area (Å²) < 4.78 is 0. The van der Waals surface area contributed by atoms with E-state index in [4.69, 9.17) is 0 Å². The van der Waals surface area contributed by atoms with Crippen LogP contribution < -0.4 is 11.0 Å². The molecule has 0 saturated carbocycles. The molecule has 0 atom stereocenters. The van der Waals surface area contributed by atoms with Crippen LogP contribution in [0, 0.1) is 6.07 Å². The SMILES string of the molecule is [c]1cccc2c1N=NNN2. The average molecular weight is 133 g/mol. The second kappa shape index (κ2) is 1.98. The Hall–Kier alpha value is -1.58. The number of nitrogens with one attached hydrogen (secondary N) is 2. The van der Waals surface area contributed by atoms with Crippen LogP contribution in [0.3, 0.4) is 0 Å². The molecule has 49 valence electrons. The molecule has 0 aliphatic carbocycles. The fourth-order valence-corrected chi connectivity index (χ4v) is 0.772. The van der Waals surface area contributed by atoms with Gasteiger partial charge < -0.3 is 0 Å². The van der Waals surface area contributed by atoms with E-state index in [1.165, 1.54) is 0 Å². The van der Waals surface area contributed by atoms with E-state index in [1.807, 2.05) is 12.1 Å². The summed E-state index contributed by atoms with van der Waals surface area (Å²) in [6.07, 6.45) is 0. The Labute approximate surface area is 57.9 Å². The van der Waals surface area contributed by atoms with E-state index in [1.54, 1.807) is 6.07 Å². The van der Waals surface area contributed by atoms with Gasteiger partial charge in [0.15, 0.2) is 0 Å². The lowest BCUT2D eigenvalue weighted by Gasteiger charge is -2.09. The van der Waals surface area contributed by atoms with Crippen molar-refractivity contribution in [2.45, 2.75) is 0 Å². The van der Waals surface area contributed by atoms with Crippen molar-refractivity contribution in [3.63, 3.8) is 0 Å². The third-order valence-electron chi connectivity index (χ3n) is 1.22. The molecule has 0 saturated heterocycles. The first-order valence-corrected chi connectivity index (χ1v) is 2.89. The van der Waals surface area contributed by atoms with Crippen molar-refractivity contribution < 1.29 is 0 Å². The standard InChI is InChI=1S/C6H5N4/c1-2-4-6-5(3-1)7-9-10-8-6/h1-3H,(H,7,10)(H,8,9). The van der Waals surface area contributed by atoms with Crippen molar-refractivity contribution >= 4 is 11.4 Å². The molecule has 2 N–H and O–H groups in total. The van der Waals surface area contributed by atoms with Crippen LogP contribution in [0.1, 0.15) is 0 Å². The van der Waals surface area contributed by atoms with Crippen LogP contribution in [0.2, 0.25) is 0 Å². The summed E-state index contributed by atoms with van der Waals surface area (Å²) in [5.41, 5.74) is 6.99. The Kier molecular flexibility index (Phi) is 1.04. The molecule has 4 nitrogen and oxygen atoms in total. The van der Waals surface area contributed by atoms with Crippen molar-refractivity contribution in [3.8, 4) is 0 Å². The summed E-state index contributed by atoms with van der Waals surface area (Å²) in [6.45, 7) is 0. The van der Waals surface area contributed by atoms with Gasteiger partial charge in [0, 0.05) is 6.07 Å². The maximum absolute atomic E-state index is 3.79. The first kappa shape index (κ1) is 5.22. The van der Waals surface area contributed by atoms with Gasteiger partial charge in [-0.2, -0.15) is 0 Å². The largest absolute Gasteiger partial charge is 0.282 e. The van der Waals surface area contributed by atoms with Gasteiger partial charge in [0.2, 0.25) is 0 Å². The topological polar surface area (TPSA) is 48.8 Å². The van der Waals surface area contributed by atoms with E-state index in [9.17, 15) is 0 Å². The number of benzene rings is 1. The summed E-state index contributed by atoms with van der Waals surface area (Å²) in [6, 6.07) is 8.51. The zero-order valence-electron chi connectivity index (χ0n) is 5.13. The summed E-state index contributed by atoms with van der Waals surface area (Å²) in [4.78, 5) is 0. The van der Waals surface area contributed by atoms with Gasteiger partial charge in [0.25, 0.3) is 0 Å². The van der Waals surface area contributed by atoms with Gasteiger partial charge >= 0.3 is 0 Å². The van der Waals surface area contributed by atoms with E-state index >= 15 is 0 Å². The molecule has 1 radical (unpaired) electrons. The smallest absolute Gasteiger partial charge is 0.120 e. The number of fused-ring (bicyclic) bond motifs is 1. The van der Waals surface area contributed by atoms with Crippen molar-refractivity contribution in [1.29, 1.82) is 0 Å². The monoisotopic (exact) mass is 133 g/mol. The van der Waals surface area contributed by atoms with E-state index in [0.29, 0.717) is 0 Å². The molecular formula is C6H5N4. The molecule has 1 heterocycles. The lowest BCUT2D eigenvalue weighted by molar-refractivity contribution is 0.784.